The molecule has 0 aromatic heterocycles. The molecular weight excluding hydrogens is 246 g/mol. The number of benzene rings is 1. The number of phenols is 1. The molecule has 104 valence electrons. The largest absolute Gasteiger partial charge is 0.508 e. The Morgan fingerprint density at radius 1 is 1.58 bits per heavy atom. The van der Waals surface area contributed by atoms with E-state index in [1.807, 2.05) is 0 Å². The third kappa shape index (κ3) is 3.61. The van der Waals surface area contributed by atoms with Gasteiger partial charge in [-0.1, -0.05) is 6.07 Å². The first-order chi connectivity index (χ1) is 9.20. The number of hydrogen-bond donors (Lipinski definition) is 2. The Kier molecular flexibility index (Phi) is 4.63. The van der Waals surface area contributed by atoms with Crippen molar-refractivity contribution >= 4 is 5.97 Å². The van der Waals surface area contributed by atoms with Crippen LogP contribution in [0.4, 0.5) is 0 Å². The van der Waals surface area contributed by atoms with Crippen LogP contribution in [0.1, 0.15) is 6.42 Å². The molecule has 19 heavy (non-hydrogen) atoms. The summed E-state index contributed by atoms with van der Waals surface area (Å²) in [4.78, 5) is 11.8. The van der Waals surface area contributed by atoms with E-state index in [0.29, 0.717) is 5.75 Å². The van der Waals surface area contributed by atoms with E-state index >= 15 is 0 Å². The summed E-state index contributed by atoms with van der Waals surface area (Å²) in [5.74, 6) is 0.426. The van der Waals surface area contributed by atoms with E-state index in [1.54, 1.807) is 18.2 Å². The maximum absolute atomic E-state index is 11.8. The van der Waals surface area contributed by atoms with Crippen molar-refractivity contribution in [3.8, 4) is 11.5 Å². The van der Waals surface area contributed by atoms with Gasteiger partial charge in [0.05, 0.1) is 13.0 Å². The summed E-state index contributed by atoms with van der Waals surface area (Å²) in [6.45, 7) is 2.00. The van der Waals surface area contributed by atoms with Gasteiger partial charge >= 0.3 is 5.97 Å². The van der Waals surface area contributed by atoms with Crippen molar-refractivity contribution in [2.45, 2.75) is 6.42 Å². The Labute approximate surface area is 112 Å². The van der Waals surface area contributed by atoms with Crippen LogP contribution in [0.5, 0.6) is 11.5 Å². The highest BCUT2D eigenvalue weighted by Crippen LogP contribution is 2.23. The standard InChI is InChI=1S/C14H19NO4/c1-18-14(17)13(10-5-6-15-8-10)9-19-12-4-2-3-11(16)7-12/h2-4,7,10,13,15-16H,5-6,8-9H2,1H3. The quantitative estimate of drug-likeness (QED) is 0.782. The maximum Gasteiger partial charge on any atom is 0.312 e. The van der Waals surface area contributed by atoms with Crippen molar-refractivity contribution in [1.82, 2.24) is 5.32 Å². The molecule has 1 aromatic carbocycles. The molecule has 0 spiro atoms. The zero-order valence-corrected chi connectivity index (χ0v) is 11.0. The van der Waals surface area contributed by atoms with Gasteiger partial charge in [0.1, 0.15) is 18.1 Å². The second-order valence-corrected chi connectivity index (χ2v) is 4.69. The number of carbonyl (C=O) groups is 1. The van der Waals surface area contributed by atoms with Gasteiger partial charge < -0.3 is 19.9 Å². The van der Waals surface area contributed by atoms with Gasteiger partial charge in [0.15, 0.2) is 0 Å². The minimum atomic E-state index is -0.276. The number of hydrogen-bond acceptors (Lipinski definition) is 5. The highest BCUT2D eigenvalue weighted by Gasteiger charge is 2.32. The predicted octanol–water partition coefficient (Wildman–Crippen LogP) is 1.17. The van der Waals surface area contributed by atoms with Crippen LogP contribution in [-0.2, 0) is 9.53 Å². The summed E-state index contributed by atoms with van der Waals surface area (Å²) in [6.07, 6.45) is 0.948. The van der Waals surface area contributed by atoms with Gasteiger partial charge in [-0.2, -0.15) is 0 Å². The number of nitrogens with one attached hydrogen (secondary N) is 1. The molecule has 2 unspecified atom stereocenters. The SMILES string of the molecule is COC(=O)C(COc1cccc(O)c1)C1CCNC1. The van der Waals surface area contributed by atoms with E-state index in [4.69, 9.17) is 9.47 Å². The molecule has 1 aliphatic rings. The van der Waals surface area contributed by atoms with Crippen LogP contribution in [-0.4, -0.2) is 37.9 Å². The Balaban J connectivity index is 1.97. The monoisotopic (exact) mass is 265 g/mol. The van der Waals surface area contributed by atoms with Crippen molar-refractivity contribution in [3.63, 3.8) is 0 Å². The number of methoxy groups -OCH3 is 1. The zero-order valence-electron chi connectivity index (χ0n) is 11.0. The van der Waals surface area contributed by atoms with Crippen LogP contribution in [0, 0.1) is 11.8 Å². The Bertz CT molecular complexity index is 429. The lowest BCUT2D eigenvalue weighted by Crippen LogP contribution is -2.31. The molecule has 2 atom stereocenters. The van der Waals surface area contributed by atoms with Gasteiger partial charge in [0, 0.05) is 6.07 Å². The average molecular weight is 265 g/mol. The van der Waals surface area contributed by atoms with Crippen LogP contribution in [0.15, 0.2) is 24.3 Å². The van der Waals surface area contributed by atoms with E-state index in [1.165, 1.54) is 13.2 Å². The van der Waals surface area contributed by atoms with Crippen molar-refractivity contribution in [2.75, 3.05) is 26.8 Å². The molecule has 1 fully saturated rings. The fourth-order valence-electron chi connectivity index (χ4n) is 2.33. The summed E-state index contributed by atoms with van der Waals surface area (Å²) in [5, 5.41) is 12.6. The fraction of sp³-hybridized carbons (Fsp3) is 0.500. The molecule has 5 nitrogen and oxygen atoms in total. The number of esters is 1. The van der Waals surface area contributed by atoms with Crippen LogP contribution >= 0.6 is 0 Å². The van der Waals surface area contributed by atoms with Crippen LogP contribution in [0.2, 0.25) is 0 Å². The van der Waals surface area contributed by atoms with Crippen LogP contribution in [0.25, 0.3) is 0 Å². The minimum absolute atomic E-state index is 0.148. The van der Waals surface area contributed by atoms with Crippen molar-refractivity contribution in [3.05, 3.63) is 24.3 Å². The summed E-state index contributed by atoms with van der Waals surface area (Å²) >= 11 is 0. The number of rotatable bonds is 5. The molecule has 1 saturated heterocycles. The molecule has 2 N–H and O–H groups in total. The van der Waals surface area contributed by atoms with E-state index in [0.717, 1.165) is 19.5 Å². The normalized spacial score (nSPS) is 19.9. The third-order valence-electron chi connectivity index (χ3n) is 3.42. The summed E-state index contributed by atoms with van der Waals surface area (Å²) in [7, 11) is 1.39. The smallest absolute Gasteiger partial charge is 0.312 e. The van der Waals surface area contributed by atoms with Crippen molar-refractivity contribution in [2.24, 2.45) is 11.8 Å². The van der Waals surface area contributed by atoms with Crippen LogP contribution < -0.4 is 10.1 Å². The zero-order chi connectivity index (χ0) is 13.7. The van der Waals surface area contributed by atoms with Gasteiger partial charge in [-0.3, -0.25) is 4.79 Å². The summed E-state index contributed by atoms with van der Waals surface area (Å²) in [5.41, 5.74) is 0. The van der Waals surface area contributed by atoms with Crippen LogP contribution in [0.3, 0.4) is 0 Å². The maximum atomic E-state index is 11.8. The summed E-state index contributed by atoms with van der Waals surface area (Å²) in [6, 6.07) is 6.56. The first kappa shape index (κ1) is 13.7. The van der Waals surface area contributed by atoms with Gasteiger partial charge in [0.25, 0.3) is 0 Å². The van der Waals surface area contributed by atoms with Gasteiger partial charge in [0.2, 0.25) is 0 Å². The fourth-order valence-corrected chi connectivity index (χ4v) is 2.33. The molecule has 1 heterocycles. The Morgan fingerprint density at radius 2 is 2.42 bits per heavy atom. The molecule has 1 aliphatic heterocycles. The first-order valence-corrected chi connectivity index (χ1v) is 6.41. The molecule has 5 heteroatoms. The number of ether oxygens (including phenoxy) is 2. The van der Waals surface area contributed by atoms with E-state index in [9.17, 15) is 9.90 Å². The molecule has 0 saturated carbocycles. The number of phenolic OH excluding ortho intramolecular Hbond substituents is 1. The average Bonchev–Trinajstić information content (AvgIpc) is 2.92. The first-order valence-electron chi connectivity index (χ1n) is 6.41. The van der Waals surface area contributed by atoms with Crippen molar-refractivity contribution in [1.29, 1.82) is 0 Å². The molecular formula is C14H19NO4. The Morgan fingerprint density at radius 3 is 3.05 bits per heavy atom. The number of carbonyl (C=O) groups excluding carboxylic acids is 1. The van der Waals surface area contributed by atoms with E-state index in [2.05, 4.69) is 5.32 Å². The molecule has 1 aromatic rings. The molecule has 2 rings (SSSR count). The highest BCUT2D eigenvalue weighted by molar-refractivity contribution is 5.73. The minimum Gasteiger partial charge on any atom is -0.508 e. The lowest BCUT2D eigenvalue weighted by Gasteiger charge is -2.20. The highest BCUT2D eigenvalue weighted by atomic mass is 16.5. The van der Waals surface area contributed by atoms with Gasteiger partial charge in [-0.05, 0) is 37.6 Å². The second-order valence-electron chi connectivity index (χ2n) is 4.69. The molecule has 0 bridgehead atoms. The Hall–Kier alpha value is -1.75. The molecule has 0 aliphatic carbocycles. The van der Waals surface area contributed by atoms with E-state index in [-0.39, 0.29) is 30.2 Å². The predicted molar refractivity (Wildman–Crippen MR) is 70.1 cm³/mol. The number of aromatic hydroxyl groups is 1. The summed E-state index contributed by atoms with van der Waals surface area (Å²) < 4.78 is 10.4. The van der Waals surface area contributed by atoms with Gasteiger partial charge in [-0.25, -0.2) is 0 Å². The van der Waals surface area contributed by atoms with Gasteiger partial charge in [-0.15, -0.1) is 0 Å². The third-order valence-corrected chi connectivity index (χ3v) is 3.42. The lowest BCUT2D eigenvalue weighted by molar-refractivity contribution is -0.148. The lowest BCUT2D eigenvalue weighted by atomic mass is 9.92. The topological polar surface area (TPSA) is 67.8 Å². The van der Waals surface area contributed by atoms with E-state index < -0.39 is 0 Å². The molecule has 0 amide bonds. The van der Waals surface area contributed by atoms with Crippen molar-refractivity contribution < 1.29 is 19.4 Å². The second kappa shape index (κ2) is 6.43. The molecule has 0 radical (unpaired) electrons.